The molecule has 2 heterocycles. The van der Waals surface area contributed by atoms with E-state index in [-0.39, 0.29) is 17.7 Å². The van der Waals surface area contributed by atoms with Gasteiger partial charge in [0.2, 0.25) is 11.8 Å². The van der Waals surface area contributed by atoms with Gasteiger partial charge in [0.15, 0.2) is 0 Å². The van der Waals surface area contributed by atoms with Crippen LogP contribution < -0.4 is 11.1 Å². The molecule has 0 spiro atoms. The summed E-state index contributed by atoms with van der Waals surface area (Å²) in [7, 11) is 0. The maximum Gasteiger partial charge on any atom is 0.322 e. The fraction of sp³-hybridized carbons (Fsp3) is 0.333. The Morgan fingerprint density at radius 3 is 3.00 bits per heavy atom. The van der Waals surface area contributed by atoms with Gasteiger partial charge >= 0.3 is 6.01 Å². The van der Waals surface area contributed by atoms with Crippen LogP contribution in [0.15, 0.2) is 27.6 Å². The van der Waals surface area contributed by atoms with Gasteiger partial charge in [-0.05, 0) is 25.0 Å². The lowest BCUT2D eigenvalue weighted by molar-refractivity contribution is -0.113. The van der Waals surface area contributed by atoms with Gasteiger partial charge in [-0.3, -0.25) is 10.1 Å². The van der Waals surface area contributed by atoms with Crippen LogP contribution >= 0.6 is 11.8 Å². The van der Waals surface area contributed by atoms with Crippen molar-refractivity contribution in [2.45, 2.75) is 23.7 Å². The minimum atomic E-state index is -0.196. The standard InChI is InChI=1S/C12H13N5O2S/c13-9-4-3-8(5-14-9)20-6-10(18)15-12-17-16-11(19-12)7-1-2-7/h3-5,7H,1-2,6H2,(H2,13,14)(H,15,17,18). The Labute approximate surface area is 119 Å². The summed E-state index contributed by atoms with van der Waals surface area (Å²) in [5.41, 5.74) is 5.49. The Morgan fingerprint density at radius 2 is 2.30 bits per heavy atom. The molecule has 2 aromatic rings. The summed E-state index contributed by atoms with van der Waals surface area (Å²) >= 11 is 1.36. The summed E-state index contributed by atoms with van der Waals surface area (Å²) in [6.07, 6.45) is 3.79. The average Bonchev–Trinajstić information content (AvgIpc) is 3.19. The molecule has 0 aliphatic heterocycles. The van der Waals surface area contributed by atoms with Gasteiger partial charge in [0.05, 0.1) is 5.75 Å². The Kier molecular flexibility index (Phi) is 3.55. The molecular formula is C12H13N5O2S. The number of nitrogen functional groups attached to an aromatic ring is 1. The molecular weight excluding hydrogens is 278 g/mol. The number of hydrogen-bond acceptors (Lipinski definition) is 7. The van der Waals surface area contributed by atoms with Crippen molar-refractivity contribution in [2.75, 3.05) is 16.8 Å². The van der Waals surface area contributed by atoms with Gasteiger partial charge in [0, 0.05) is 17.0 Å². The van der Waals surface area contributed by atoms with E-state index in [1.54, 1.807) is 12.3 Å². The summed E-state index contributed by atoms with van der Waals surface area (Å²) in [4.78, 5) is 16.6. The van der Waals surface area contributed by atoms with Crippen molar-refractivity contribution in [3.63, 3.8) is 0 Å². The fourth-order valence-electron chi connectivity index (χ4n) is 1.56. The number of pyridine rings is 1. The first kappa shape index (κ1) is 12.9. The first-order chi connectivity index (χ1) is 9.70. The number of carbonyl (C=O) groups is 1. The van der Waals surface area contributed by atoms with Crippen LogP contribution in [0, 0.1) is 0 Å². The van der Waals surface area contributed by atoms with Crippen LogP contribution in [0.3, 0.4) is 0 Å². The molecule has 8 heteroatoms. The third kappa shape index (κ3) is 3.27. The number of nitrogens with two attached hydrogens (primary N) is 1. The van der Waals surface area contributed by atoms with Crippen LogP contribution in [-0.2, 0) is 4.79 Å². The molecule has 1 amide bonds. The van der Waals surface area contributed by atoms with Crippen LogP contribution in [-0.4, -0.2) is 26.8 Å². The quantitative estimate of drug-likeness (QED) is 0.806. The van der Waals surface area contributed by atoms with Crippen molar-refractivity contribution in [3.05, 3.63) is 24.2 Å². The lowest BCUT2D eigenvalue weighted by Crippen LogP contribution is -2.14. The Balaban J connectivity index is 1.49. The molecule has 3 rings (SSSR count). The molecule has 0 radical (unpaired) electrons. The van der Waals surface area contributed by atoms with Crippen molar-refractivity contribution >= 4 is 29.5 Å². The van der Waals surface area contributed by atoms with Crippen molar-refractivity contribution in [1.29, 1.82) is 0 Å². The van der Waals surface area contributed by atoms with Crippen molar-refractivity contribution < 1.29 is 9.21 Å². The average molecular weight is 291 g/mol. The van der Waals surface area contributed by atoms with Crippen LogP contribution in [0.25, 0.3) is 0 Å². The van der Waals surface area contributed by atoms with E-state index < -0.39 is 0 Å². The number of nitrogens with zero attached hydrogens (tertiary/aromatic N) is 3. The fourth-order valence-corrected chi connectivity index (χ4v) is 2.22. The number of anilines is 2. The summed E-state index contributed by atoms with van der Waals surface area (Å²) in [5, 5.41) is 10.3. The summed E-state index contributed by atoms with van der Waals surface area (Å²) < 4.78 is 5.35. The van der Waals surface area contributed by atoms with Crippen molar-refractivity contribution in [2.24, 2.45) is 0 Å². The van der Waals surface area contributed by atoms with Gasteiger partial charge < -0.3 is 10.2 Å². The molecule has 0 aromatic carbocycles. The molecule has 0 atom stereocenters. The second-order valence-electron chi connectivity index (χ2n) is 4.48. The molecule has 0 unspecified atom stereocenters. The molecule has 1 fully saturated rings. The molecule has 104 valence electrons. The van der Waals surface area contributed by atoms with E-state index >= 15 is 0 Å². The highest BCUT2D eigenvalue weighted by atomic mass is 32.2. The molecule has 0 bridgehead atoms. The first-order valence-electron chi connectivity index (χ1n) is 6.18. The summed E-state index contributed by atoms with van der Waals surface area (Å²) in [5.74, 6) is 1.49. The van der Waals surface area contributed by atoms with Crippen molar-refractivity contribution in [1.82, 2.24) is 15.2 Å². The van der Waals surface area contributed by atoms with Crippen LogP contribution in [0.1, 0.15) is 24.7 Å². The van der Waals surface area contributed by atoms with Crippen LogP contribution in [0.5, 0.6) is 0 Å². The third-order valence-electron chi connectivity index (χ3n) is 2.74. The SMILES string of the molecule is Nc1ccc(SCC(=O)Nc2nnc(C3CC3)o2)cn1. The topological polar surface area (TPSA) is 107 Å². The second-order valence-corrected chi connectivity index (χ2v) is 5.52. The van der Waals surface area contributed by atoms with Gasteiger partial charge in [-0.15, -0.1) is 16.9 Å². The predicted octanol–water partition coefficient (Wildman–Crippen LogP) is 1.66. The highest BCUT2D eigenvalue weighted by molar-refractivity contribution is 8.00. The van der Waals surface area contributed by atoms with Gasteiger partial charge in [-0.1, -0.05) is 5.10 Å². The molecule has 0 saturated heterocycles. The Morgan fingerprint density at radius 1 is 1.45 bits per heavy atom. The van der Waals surface area contributed by atoms with Gasteiger partial charge in [0.25, 0.3) is 0 Å². The van der Waals surface area contributed by atoms with E-state index in [0.717, 1.165) is 17.7 Å². The Hall–Kier alpha value is -2.09. The minimum Gasteiger partial charge on any atom is -0.408 e. The van der Waals surface area contributed by atoms with Crippen molar-refractivity contribution in [3.8, 4) is 0 Å². The first-order valence-corrected chi connectivity index (χ1v) is 7.17. The molecule has 3 N–H and O–H groups in total. The van der Waals surface area contributed by atoms with Gasteiger partial charge in [-0.25, -0.2) is 4.98 Å². The van der Waals surface area contributed by atoms with E-state index in [9.17, 15) is 4.79 Å². The summed E-state index contributed by atoms with van der Waals surface area (Å²) in [6, 6.07) is 3.67. The number of aromatic nitrogens is 3. The zero-order valence-corrected chi connectivity index (χ0v) is 11.4. The third-order valence-corrected chi connectivity index (χ3v) is 3.72. The maximum absolute atomic E-state index is 11.7. The highest BCUT2D eigenvalue weighted by Gasteiger charge is 2.29. The number of rotatable bonds is 5. The second kappa shape index (κ2) is 5.49. The molecule has 2 aromatic heterocycles. The van der Waals surface area contributed by atoms with E-state index in [2.05, 4.69) is 20.5 Å². The number of hydrogen-bond donors (Lipinski definition) is 2. The molecule has 1 aliphatic rings. The largest absolute Gasteiger partial charge is 0.408 e. The smallest absolute Gasteiger partial charge is 0.322 e. The Bertz CT molecular complexity index is 609. The van der Waals surface area contributed by atoms with E-state index in [4.69, 9.17) is 10.2 Å². The minimum absolute atomic E-state index is 0.160. The number of nitrogens with one attached hydrogen (secondary N) is 1. The molecule has 1 saturated carbocycles. The monoisotopic (exact) mass is 291 g/mol. The van der Waals surface area contributed by atoms with Gasteiger partial charge in [-0.2, -0.15) is 0 Å². The number of carbonyl (C=O) groups excluding carboxylic acids is 1. The predicted molar refractivity (Wildman–Crippen MR) is 74.3 cm³/mol. The molecule has 1 aliphatic carbocycles. The van der Waals surface area contributed by atoms with E-state index in [0.29, 0.717) is 17.6 Å². The lowest BCUT2D eigenvalue weighted by Gasteiger charge is -2.01. The van der Waals surface area contributed by atoms with E-state index in [1.807, 2.05) is 6.07 Å². The van der Waals surface area contributed by atoms with Gasteiger partial charge in [0.1, 0.15) is 5.82 Å². The van der Waals surface area contributed by atoms with Crippen LogP contribution in [0.2, 0.25) is 0 Å². The molecule has 7 nitrogen and oxygen atoms in total. The highest BCUT2D eigenvalue weighted by Crippen LogP contribution is 2.39. The lowest BCUT2D eigenvalue weighted by atomic mass is 10.4. The maximum atomic E-state index is 11.7. The number of amides is 1. The number of thioether (sulfide) groups is 1. The van der Waals surface area contributed by atoms with E-state index in [1.165, 1.54) is 11.8 Å². The normalized spacial score (nSPS) is 14.2. The summed E-state index contributed by atoms with van der Waals surface area (Å²) in [6.45, 7) is 0. The molecule has 20 heavy (non-hydrogen) atoms. The zero-order valence-electron chi connectivity index (χ0n) is 10.6. The zero-order chi connectivity index (χ0) is 13.9. The van der Waals surface area contributed by atoms with Crippen LogP contribution in [0.4, 0.5) is 11.8 Å².